The van der Waals surface area contributed by atoms with Crippen molar-refractivity contribution in [3.63, 3.8) is 0 Å². The monoisotopic (exact) mass is 351 g/mol. The number of halogens is 1. The van der Waals surface area contributed by atoms with E-state index in [1.807, 2.05) is 0 Å². The number of hydrogen-bond acceptors (Lipinski definition) is 4. The number of amides is 2. The summed E-state index contributed by atoms with van der Waals surface area (Å²) in [5.41, 5.74) is 0.715. The first-order chi connectivity index (χ1) is 11.9. The Kier molecular flexibility index (Phi) is 6.75. The zero-order valence-electron chi connectivity index (χ0n) is 15.0. The first-order valence-corrected chi connectivity index (χ1v) is 8.45. The molecule has 0 bridgehead atoms. The average Bonchev–Trinajstić information content (AvgIpc) is 2.61. The maximum Gasteiger partial charge on any atom is 0.236 e. The van der Waals surface area contributed by atoms with Crippen LogP contribution in [0.2, 0.25) is 0 Å². The van der Waals surface area contributed by atoms with Gasteiger partial charge in [-0.05, 0) is 43.6 Å². The number of carbonyl (C=O) groups is 2. The van der Waals surface area contributed by atoms with E-state index in [1.54, 1.807) is 31.1 Å². The van der Waals surface area contributed by atoms with Crippen LogP contribution in [0.15, 0.2) is 18.2 Å². The van der Waals surface area contributed by atoms with E-state index in [0.717, 1.165) is 25.9 Å². The third-order valence-electron chi connectivity index (χ3n) is 4.63. The zero-order valence-corrected chi connectivity index (χ0v) is 15.0. The van der Waals surface area contributed by atoms with Crippen molar-refractivity contribution in [3.05, 3.63) is 29.6 Å². The molecule has 0 atom stereocenters. The molecule has 7 heteroatoms. The molecule has 1 N–H and O–H groups in total. The van der Waals surface area contributed by atoms with E-state index in [-0.39, 0.29) is 23.5 Å². The lowest BCUT2D eigenvalue weighted by molar-refractivity contribution is -0.132. The maximum atomic E-state index is 13.7. The molecular weight excluding hydrogens is 325 g/mol. The second-order valence-corrected chi connectivity index (χ2v) is 6.38. The second kappa shape index (κ2) is 8.80. The minimum atomic E-state index is -0.433. The predicted molar refractivity (Wildman–Crippen MR) is 92.7 cm³/mol. The highest BCUT2D eigenvalue weighted by Crippen LogP contribution is 2.19. The molecule has 1 aliphatic heterocycles. The summed E-state index contributed by atoms with van der Waals surface area (Å²) in [5.74, 6) is -0.149. The van der Waals surface area contributed by atoms with Crippen molar-refractivity contribution < 1.29 is 18.7 Å². The molecule has 1 aliphatic rings. The normalized spacial score (nSPS) is 15.7. The van der Waals surface area contributed by atoms with Gasteiger partial charge in [0.05, 0.1) is 13.7 Å². The van der Waals surface area contributed by atoms with Crippen molar-refractivity contribution >= 4 is 11.8 Å². The number of likely N-dealkylation sites (N-methyl/N-ethyl adjacent to an activating group) is 1. The van der Waals surface area contributed by atoms with Gasteiger partial charge in [0.15, 0.2) is 11.6 Å². The molecule has 0 aromatic heterocycles. The molecule has 1 saturated heterocycles. The molecule has 2 rings (SSSR count). The summed E-state index contributed by atoms with van der Waals surface area (Å²) >= 11 is 0. The van der Waals surface area contributed by atoms with E-state index in [1.165, 1.54) is 13.2 Å². The van der Waals surface area contributed by atoms with Gasteiger partial charge in [0.2, 0.25) is 11.8 Å². The number of hydrogen-bond donors (Lipinski definition) is 1. The summed E-state index contributed by atoms with van der Waals surface area (Å²) in [6.45, 7) is 2.12. The van der Waals surface area contributed by atoms with Crippen LogP contribution in [0.1, 0.15) is 18.4 Å². The lowest BCUT2D eigenvalue weighted by atomic mass is 9.96. The highest BCUT2D eigenvalue weighted by atomic mass is 19.1. The lowest BCUT2D eigenvalue weighted by Crippen LogP contribution is -2.44. The maximum absolute atomic E-state index is 13.7. The quantitative estimate of drug-likeness (QED) is 0.838. The van der Waals surface area contributed by atoms with Crippen LogP contribution >= 0.6 is 0 Å². The first-order valence-electron chi connectivity index (χ1n) is 8.45. The molecule has 138 valence electrons. The SMILES string of the molecule is CNC(=O)C1CCN(CC(=O)N(C)Cc2ccc(OC)c(F)c2)CC1. The first kappa shape index (κ1) is 19.2. The number of nitrogens with one attached hydrogen (secondary N) is 1. The molecule has 6 nitrogen and oxygen atoms in total. The number of piperidine rings is 1. The predicted octanol–water partition coefficient (Wildman–Crippen LogP) is 1.25. The molecule has 1 aromatic rings. The standard InChI is InChI=1S/C18H26FN3O3/c1-20-18(24)14-6-8-22(9-7-14)12-17(23)21(2)11-13-4-5-16(25-3)15(19)10-13/h4-5,10,14H,6-9,11-12H2,1-3H3,(H,20,24). The van der Waals surface area contributed by atoms with Crippen LogP contribution in [0, 0.1) is 11.7 Å². The van der Waals surface area contributed by atoms with E-state index in [0.29, 0.717) is 18.7 Å². The minimum absolute atomic E-state index is 0.0189. The number of ether oxygens (including phenoxy) is 1. The van der Waals surface area contributed by atoms with Crippen molar-refractivity contribution in [1.29, 1.82) is 0 Å². The van der Waals surface area contributed by atoms with E-state index >= 15 is 0 Å². The fourth-order valence-electron chi connectivity index (χ4n) is 3.04. The van der Waals surface area contributed by atoms with E-state index < -0.39 is 5.82 Å². The summed E-state index contributed by atoms with van der Waals surface area (Å²) in [6, 6.07) is 4.70. The summed E-state index contributed by atoms with van der Waals surface area (Å²) < 4.78 is 18.6. The second-order valence-electron chi connectivity index (χ2n) is 6.38. The minimum Gasteiger partial charge on any atom is -0.494 e. The fraction of sp³-hybridized carbons (Fsp3) is 0.556. The van der Waals surface area contributed by atoms with Gasteiger partial charge in [-0.25, -0.2) is 4.39 Å². The summed E-state index contributed by atoms with van der Waals surface area (Å²) in [4.78, 5) is 27.7. The van der Waals surface area contributed by atoms with Gasteiger partial charge in [0, 0.05) is 26.6 Å². The highest BCUT2D eigenvalue weighted by molar-refractivity contribution is 5.79. The van der Waals surface area contributed by atoms with Gasteiger partial charge < -0.3 is 15.0 Å². The van der Waals surface area contributed by atoms with Gasteiger partial charge in [-0.1, -0.05) is 6.07 Å². The summed E-state index contributed by atoms with van der Waals surface area (Å²) in [6.07, 6.45) is 1.53. The van der Waals surface area contributed by atoms with E-state index in [9.17, 15) is 14.0 Å². The van der Waals surface area contributed by atoms with Gasteiger partial charge in [-0.3, -0.25) is 14.5 Å². The van der Waals surface area contributed by atoms with Gasteiger partial charge in [-0.2, -0.15) is 0 Å². The van der Waals surface area contributed by atoms with Crippen LogP contribution in [0.4, 0.5) is 4.39 Å². The van der Waals surface area contributed by atoms with Crippen molar-refractivity contribution in [2.45, 2.75) is 19.4 Å². The van der Waals surface area contributed by atoms with Gasteiger partial charge in [-0.15, -0.1) is 0 Å². The Balaban J connectivity index is 1.83. The Hall–Kier alpha value is -2.15. The molecule has 25 heavy (non-hydrogen) atoms. The van der Waals surface area contributed by atoms with Crippen molar-refractivity contribution in [2.24, 2.45) is 5.92 Å². The number of benzene rings is 1. The number of carbonyl (C=O) groups excluding carboxylic acids is 2. The van der Waals surface area contributed by atoms with Crippen LogP contribution in [0.5, 0.6) is 5.75 Å². The molecular formula is C18H26FN3O3. The third kappa shape index (κ3) is 5.16. The third-order valence-corrected chi connectivity index (χ3v) is 4.63. The molecule has 1 aromatic carbocycles. The molecule has 0 aliphatic carbocycles. The van der Waals surface area contributed by atoms with Crippen molar-refractivity contribution in [1.82, 2.24) is 15.1 Å². The number of rotatable bonds is 6. The topological polar surface area (TPSA) is 61.9 Å². The number of likely N-dealkylation sites (tertiary alicyclic amines) is 1. The van der Waals surface area contributed by atoms with Crippen molar-refractivity contribution in [2.75, 3.05) is 40.8 Å². The Labute approximate surface area is 147 Å². The Bertz CT molecular complexity index is 616. The van der Waals surface area contributed by atoms with Crippen LogP contribution in [-0.2, 0) is 16.1 Å². The Morgan fingerprint density at radius 3 is 2.60 bits per heavy atom. The molecule has 1 fully saturated rings. The average molecular weight is 351 g/mol. The summed E-state index contributed by atoms with van der Waals surface area (Å²) in [7, 11) is 4.78. The molecule has 0 unspecified atom stereocenters. The van der Waals surface area contributed by atoms with Crippen LogP contribution in [0.3, 0.4) is 0 Å². The summed E-state index contributed by atoms with van der Waals surface area (Å²) in [5, 5.41) is 2.68. The van der Waals surface area contributed by atoms with E-state index in [4.69, 9.17) is 4.74 Å². The smallest absolute Gasteiger partial charge is 0.236 e. The molecule has 0 spiro atoms. The van der Waals surface area contributed by atoms with Gasteiger partial charge in [0.25, 0.3) is 0 Å². The fourth-order valence-corrected chi connectivity index (χ4v) is 3.04. The van der Waals surface area contributed by atoms with Crippen LogP contribution in [0.25, 0.3) is 0 Å². The highest BCUT2D eigenvalue weighted by Gasteiger charge is 2.25. The molecule has 0 radical (unpaired) electrons. The number of nitrogens with zero attached hydrogens (tertiary/aromatic N) is 2. The number of methoxy groups -OCH3 is 1. The van der Waals surface area contributed by atoms with Crippen LogP contribution in [-0.4, -0.2) is 62.5 Å². The Morgan fingerprint density at radius 2 is 2.04 bits per heavy atom. The Morgan fingerprint density at radius 1 is 1.36 bits per heavy atom. The van der Waals surface area contributed by atoms with Crippen molar-refractivity contribution in [3.8, 4) is 5.75 Å². The molecule has 0 saturated carbocycles. The van der Waals surface area contributed by atoms with E-state index in [2.05, 4.69) is 10.2 Å². The van der Waals surface area contributed by atoms with Crippen LogP contribution < -0.4 is 10.1 Å². The molecule has 2 amide bonds. The van der Waals surface area contributed by atoms with Gasteiger partial charge in [0.1, 0.15) is 0 Å². The lowest BCUT2D eigenvalue weighted by Gasteiger charge is -2.31. The zero-order chi connectivity index (χ0) is 18.4. The largest absolute Gasteiger partial charge is 0.494 e. The molecule has 1 heterocycles. The van der Waals surface area contributed by atoms with Gasteiger partial charge >= 0.3 is 0 Å².